The number of anilines is 2. The largest absolute Gasteiger partial charge is 0.495 e. The van der Waals surface area contributed by atoms with Gasteiger partial charge in [0, 0.05) is 16.8 Å². The molecule has 0 unspecified atom stereocenters. The molecule has 1 aromatic heterocycles. The number of rotatable bonds is 5. The summed E-state index contributed by atoms with van der Waals surface area (Å²) in [6.45, 7) is 0.138. The lowest BCUT2D eigenvalue weighted by Crippen LogP contribution is -2.20. The summed E-state index contributed by atoms with van der Waals surface area (Å²) in [5.41, 5.74) is 1.03. The molecule has 3 aromatic rings. The average molecular weight is 425 g/mol. The lowest BCUT2D eigenvalue weighted by Gasteiger charge is -2.12. The molecular formula is C18H15Cl2FN4OS. The van der Waals surface area contributed by atoms with Crippen molar-refractivity contribution in [2.45, 2.75) is 6.54 Å². The molecule has 0 saturated carbocycles. The number of aromatic nitrogens is 2. The van der Waals surface area contributed by atoms with Gasteiger partial charge in [0.05, 0.1) is 19.3 Å². The normalized spacial score (nSPS) is 10.5. The zero-order chi connectivity index (χ0) is 19.4. The first-order valence-corrected chi connectivity index (χ1v) is 9.01. The van der Waals surface area contributed by atoms with Crippen molar-refractivity contribution >= 4 is 52.0 Å². The van der Waals surface area contributed by atoms with E-state index in [1.54, 1.807) is 25.4 Å². The van der Waals surface area contributed by atoms with Crippen LogP contribution >= 0.6 is 35.4 Å². The van der Waals surface area contributed by atoms with Crippen LogP contribution in [0.5, 0.6) is 5.75 Å². The van der Waals surface area contributed by atoms with Gasteiger partial charge in [0.1, 0.15) is 16.6 Å². The van der Waals surface area contributed by atoms with Crippen molar-refractivity contribution < 1.29 is 9.13 Å². The minimum atomic E-state index is -0.406. The molecule has 3 rings (SSSR count). The fourth-order valence-corrected chi connectivity index (χ4v) is 3.04. The Kier molecular flexibility index (Phi) is 6.15. The van der Waals surface area contributed by atoms with E-state index in [4.69, 9.17) is 40.2 Å². The number of hydrogen-bond donors (Lipinski definition) is 2. The molecule has 0 fully saturated rings. The molecule has 0 amide bonds. The van der Waals surface area contributed by atoms with E-state index in [2.05, 4.69) is 15.7 Å². The van der Waals surface area contributed by atoms with E-state index in [-0.39, 0.29) is 11.7 Å². The Balaban J connectivity index is 1.72. The monoisotopic (exact) mass is 424 g/mol. The number of nitrogens with zero attached hydrogens (tertiary/aromatic N) is 2. The highest BCUT2D eigenvalue weighted by Crippen LogP contribution is 2.25. The van der Waals surface area contributed by atoms with E-state index in [1.807, 2.05) is 24.3 Å². The molecule has 9 heteroatoms. The summed E-state index contributed by atoms with van der Waals surface area (Å²) in [5.74, 6) is 0.584. The quantitative estimate of drug-likeness (QED) is 0.551. The Morgan fingerprint density at radius 2 is 1.93 bits per heavy atom. The number of para-hydroxylation sites is 2. The summed E-state index contributed by atoms with van der Waals surface area (Å²) in [4.78, 5) is 0. The smallest absolute Gasteiger partial charge is 0.176 e. The first-order chi connectivity index (χ1) is 13.0. The third-order valence-electron chi connectivity index (χ3n) is 3.69. The summed E-state index contributed by atoms with van der Waals surface area (Å²) in [6.07, 6.45) is 1.57. The van der Waals surface area contributed by atoms with Gasteiger partial charge < -0.3 is 15.4 Å². The molecule has 0 saturated heterocycles. The molecule has 140 valence electrons. The average Bonchev–Trinajstić information content (AvgIpc) is 2.98. The van der Waals surface area contributed by atoms with Gasteiger partial charge in [-0.05, 0) is 36.5 Å². The Hall–Kier alpha value is -2.35. The van der Waals surface area contributed by atoms with Crippen LogP contribution in [-0.2, 0) is 6.54 Å². The van der Waals surface area contributed by atoms with Crippen LogP contribution in [0, 0.1) is 5.82 Å². The minimum Gasteiger partial charge on any atom is -0.495 e. The Bertz CT molecular complexity index is 959. The van der Waals surface area contributed by atoms with Crippen LogP contribution in [0.25, 0.3) is 0 Å². The first kappa shape index (κ1) is 19.4. The Morgan fingerprint density at radius 1 is 1.15 bits per heavy atom. The van der Waals surface area contributed by atoms with E-state index in [0.717, 1.165) is 0 Å². The predicted octanol–water partition coefficient (Wildman–Crippen LogP) is 5.19. The lowest BCUT2D eigenvalue weighted by molar-refractivity contribution is 0.417. The van der Waals surface area contributed by atoms with Crippen molar-refractivity contribution in [2.75, 3.05) is 17.7 Å². The summed E-state index contributed by atoms with van der Waals surface area (Å²) in [7, 11) is 1.57. The topological polar surface area (TPSA) is 51.1 Å². The van der Waals surface area contributed by atoms with Gasteiger partial charge in [-0.25, -0.2) is 4.39 Å². The molecule has 27 heavy (non-hydrogen) atoms. The summed E-state index contributed by atoms with van der Waals surface area (Å²) in [6, 6.07) is 11.9. The van der Waals surface area contributed by atoms with E-state index in [0.29, 0.717) is 32.9 Å². The van der Waals surface area contributed by atoms with Crippen molar-refractivity contribution in [1.82, 2.24) is 9.78 Å². The van der Waals surface area contributed by atoms with Crippen molar-refractivity contribution in [1.29, 1.82) is 0 Å². The van der Waals surface area contributed by atoms with Crippen LogP contribution in [0.15, 0.2) is 48.7 Å². The lowest BCUT2D eigenvalue weighted by atomic mass is 10.2. The van der Waals surface area contributed by atoms with E-state index in [9.17, 15) is 4.39 Å². The third kappa shape index (κ3) is 4.68. The van der Waals surface area contributed by atoms with Crippen molar-refractivity contribution in [3.8, 4) is 5.75 Å². The van der Waals surface area contributed by atoms with Gasteiger partial charge in [-0.1, -0.05) is 41.4 Å². The number of methoxy groups -OCH3 is 1. The summed E-state index contributed by atoms with van der Waals surface area (Å²) < 4.78 is 20.7. The molecule has 2 N–H and O–H groups in total. The molecule has 0 spiro atoms. The minimum absolute atomic E-state index is 0.138. The highest BCUT2D eigenvalue weighted by Gasteiger charge is 2.13. The molecule has 2 aromatic carbocycles. The Labute approximate surface area is 171 Å². The molecule has 1 heterocycles. The Morgan fingerprint density at radius 3 is 2.67 bits per heavy atom. The zero-order valence-corrected chi connectivity index (χ0v) is 16.5. The van der Waals surface area contributed by atoms with Crippen molar-refractivity contribution in [3.63, 3.8) is 0 Å². The maximum atomic E-state index is 14.0. The number of thiocarbonyl (C=S) groups is 1. The van der Waals surface area contributed by atoms with Crippen LogP contribution in [0.2, 0.25) is 10.0 Å². The second-order valence-corrected chi connectivity index (χ2v) is 6.73. The number of nitrogens with one attached hydrogen (secondary N) is 2. The van der Waals surface area contributed by atoms with Gasteiger partial charge >= 0.3 is 0 Å². The van der Waals surface area contributed by atoms with E-state index in [1.165, 1.54) is 10.7 Å². The summed E-state index contributed by atoms with van der Waals surface area (Å²) in [5, 5.41) is 11.2. The molecular weight excluding hydrogens is 410 g/mol. The fourth-order valence-electron chi connectivity index (χ4n) is 2.42. The fraction of sp³-hybridized carbons (Fsp3) is 0.111. The maximum absolute atomic E-state index is 14.0. The number of halogens is 3. The van der Waals surface area contributed by atoms with E-state index < -0.39 is 5.82 Å². The number of ether oxygens (including phenoxy) is 1. The van der Waals surface area contributed by atoms with Crippen LogP contribution in [0.3, 0.4) is 0 Å². The van der Waals surface area contributed by atoms with Crippen LogP contribution < -0.4 is 15.4 Å². The molecule has 0 aliphatic rings. The van der Waals surface area contributed by atoms with Gasteiger partial charge in [-0.3, -0.25) is 4.68 Å². The molecule has 0 atom stereocenters. The highest BCUT2D eigenvalue weighted by molar-refractivity contribution is 7.80. The molecule has 0 bridgehead atoms. The van der Waals surface area contributed by atoms with Crippen molar-refractivity contribution in [3.05, 3.63) is 70.1 Å². The second kappa shape index (κ2) is 8.56. The first-order valence-electron chi connectivity index (χ1n) is 7.85. The van der Waals surface area contributed by atoms with Gasteiger partial charge in [0.15, 0.2) is 10.9 Å². The SMILES string of the molecule is COc1ccccc1NC(=S)Nc1nn(Cc2c(F)cccc2Cl)cc1Cl. The van der Waals surface area contributed by atoms with Crippen LogP contribution in [0.4, 0.5) is 15.9 Å². The van der Waals surface area contributed by atoms with Gasteiger partial charge in [0.2, 0.25) is 0 Å². The van der Waals surface area contributed by atoms with Crippen LogP contribution in [-0.4, -0.2) is 22.0 Å². The maximum Gasteiger partial charge on any atom is 0.176 e. The van der Waals surface area contributed by atoms with Gasteiger partial charge in [0.25, 0.3) is 0 Å². The third-order valence-corrected chi connectivity index (χ3v) is 4.52. The van der Waals surface area contributed by atoms with Crippen LogP contribution in [0.1, 0.15) is 5.56 Å². The van der Waals surface area contributed by atoms with E-state index >= 15 is 0 Å². The highest BCUT2D eigenvalue weighted by atomic mass is 35.5. The molecule has 0 radical (unpaired) electrons. The number of benzene rings is 2. The molecule has 0 aliphatic carbocycles. The molecule has 0 aliphatic heterocycles. The zero-order valence-electron chi connectivity index (χ0n) is 14.2. The van der Waals surface area contributed by atoms with Gasteiger partial charge in [-0.2, -0.15) is 5.10 Å². The van der Waals surface area contributed by atoms with Crippen molar-refractivity contribution in [2.24, 2.45) is 0 Å². The standard InChI is InChI=1S/C18H15Cl2FN4OS/c1-26-16-8-3-2-7-15(16)22-18(27)23-17-13(20)10-25(24-17)9-11-12(19)5-4-6-14(11)21/h2-8,10H,9H2,1H3,(H2,22,23,24,27). The van der Waals surface area contributed by atoms with Gasteiger partial charge in [-0.15, -0.1) is 0 Å². The molecule has 5 nitrogen and oxygen atoms in total. The summed E-state index contributed by atoms with van der Waals surface area (Å²) >= 11 is 17.6. The second-order valence-electron chi connectivity index (χ2n) is 5.50. The number of hydrogen-bond acceptors (Lipinski definition) is 3. The predicted molar refractivity (Wildman–Crippen MR) is 111 cm³/mol.